The Bertz CT molecular complexity index is 814. The summed E-state index contributed by atoms with van der Waals surface area (Å²) in [5.41, 5.74) is -0.789. The number of rotatable bonds is 7. The third kappa shape index (κ3) is 4.53. The minimum absolute atomic E-state index is 0.0811. The Morgan fingerprint density at radius 1 is 1.26 bits per heavy atom. The van der Waals surface area contributed by atoms with Gasteiger partial charge in [0, 0.05) is 24.0 Å². The topological polar surface area (TPSA) is 88.0 Å². The van der Waals surface area contributed by atoms with Crippen molar-refractivity contribution >= 4 is 17.6 Å². The molecule has 144 valence electrons. The van der Waals surface area contributed by atoms with Gasteiger partial charge in [-0.3, -0.25) is 0 Å². The summed E-state index contributed by atoms with van der Waals surface area (Å²) in [7, 11) is 0. The maximum absolute atomic E-state index is 11.9. The van der Waals surface area contributed by atoms with E-state index >= 15 is 0 Å². The minimum atomic E-state index is -1.48. The molecular formula is C20H22ClNO5. The highest BCUT2D eigenvalue weighted by Crippen LogP contribution is 2.37. The predicted octanol–water partition coefficient (Wildman–Crippen LogP) is 3.04. The lowest BCUT2D eigenvalue weighted by molar-refractivity contribution is -0.162. The van der Waals surface area contributed by atoms with Gasteiger partial charge in [-0.25, -0.2) is 4.79 Å². The Hall–Kier alpha value is -2.28. The second-order valence-corrected chi connectivity index (χ2v) is 7.16. The number of ether oxygens (including phenoxy) is 2. The predicted molar refractivity (Wildman–Crippen MR) is 101 cm³/mol. The van der Waals surface area contributed by atoms with Gasteiger partial charge < -0.3 is 25.0 Å². The summed E-state index contributed by atoms with van der Waals surface area (Å²) in [6, 6.07) is 13.8. The van der Waals surface area contributed by atoms with Crippen LogP contribution in [0.1, 0.15) is 25.0 Å². The monoisotopic (exact) mass is 391 g/mol. The second-order valence-electron chi connectivity index (χ2n) is 6.72. The molecule has 1 aliphatic heterocycles. The maximum atomic E-state index is 11.9. The normalized spacial score (nSPS) is 20.7. The van der Waals surface area contributed by atoms with E-state index in [0.29, 0.717) is 22.1 Å². The molecule has 0 amide bonds. The summed E-state index contributed by atoms with van der Waals surface area (Å²) >= 11 is 5.95. The quantitative estimate of drug-likeness (QED) is 0.672. The molecule has 3 rings (SSSR count). The molecular weight excluding hydrogens is 370 g/mol. The van der Waals surface area contributed by atoms with Crippen molar-refractivity contribution in [3.05, 3.63) is 59.1 Å². The van der Waals surface area contributed by atoms with Gasteiger partial charge in [0.1, 0.15) is 6.61 Å². The van der Waals surface area contributed by atoms with E-state index in [2.05, 4.69) is 5.32 Å². The number of hydrogen-bond acceptors (Lipinski definition) is 5. The Morgan fingerprint density at radius 2 is 2.00 bits per heavy atom. The van der Waals surface area contributed by atoms with Gasteiger partial charge in [-0.05, 0) is 36.8 Å². The fourth-order valence-corrected chi connectivity index (χ4v) is 3.29. The van der Waals surface area contributed by atoms with Crippen LogP contribution >= 0.6 is 11.6 Å². The first-order valence-corrected chi connectivity index (χ1v) is 9.08. The van der Waals surface area contributed by atoms with Gasteiger partial charge in [0.15, 0.2) is 11.5 Å². The standard InChI is InChI=1S/C20H22ClNO5/c1-13(22-11-16(23)14-5-4-6-15(21)9-14)10-20(19(24)25)12-26-17-7-2-3-8-18(17)27-20/h2-9,13,16,22-23H,10-12H2,1H3,(H,24,25)/t13-,16+,20-/m1/s1. The fraction of sp³-hybridized carbons (Fsp3) is 0.350. The zero-order valence-electron chi connectivity index (χ0n) is 14.9. The summed E-state index contributed by atoms with van der Waals surface area (Å²) in [6.45, 7) is 2.02. The number of hydrogen-bond donors (Lipinski definition) is 3. The van der Waals surface area contributed by atoms with Crippen LogP contribution in [-0.4, -0.2) is 41.0 Å². The summed E-state index contributed by atoms with van der Waals surface area (Å²) < 4.78 is 11.4. The Balaban J connectivity index is 1.63. The highest BCUT2D eigenvalue weighted by atomic mass is 35.5. The number of nitrogens with one attached hydrogen (secondary N) is 1. The maximum Gasteiger partial charge on any atom is 0.351 e. The van der Waals surface area contributed by atoms with Gasteiger partial charge >= 0.3 is 5.97 Å². The molecule has 0 bridgehead atoms. The number of carboxylic acid groups (broad SMARTS) is 1. The van der Waals surface area contributed by atoms with E-state index in [1.807, 2.05) is 6.92 Å². The molecule has 0 fully saturated rings. The molecule has 0 aliphatic carbocycles. The van der Waals surface area contributed by atoms with E-state index in [-0.39, 0.29) is 25.6 Å². The largest absolute Gasteiger partial charge is 0.485 e. The van der Waals surface area contributed by atoms with E-state index in [1.165, 1.54) is 0 Å². The van der Waals surface area contributed by atoms with Crippen molar-refractivity contribution in [1.82, 2.24) is 5.32 Å². The van der Waals surface area contributed by atoms with E-state index < -0.39 is 17.7 Å². The molecule has 6 nitrogen and oxygen atoms in total. The first kappa shape index (κ1) is 19.5. The molecule has 1 heterocycles. The van der Waals surface area contributed by atoms with Gasteiger partial charge in [-0.15, -0.1) is 0 Å². The molecule has 3 N–H and O–H groups in total. The van der Waals surface area contributed by atoms with Crippen molar-refractivity contribution in [3.8, 4) is 11.5 Å². The number of para-hydroxylation sites is 2. The number of aliphatic carboxylic acids is 1. The van der Waals surface area contributed by atoms with Crippen molar-refractivity contribution < 1.29 is 24.5 Å². The van der Waals surface area contributed by atoms with Crippen LogP contribution in [0.4, 0.5) is 0 Å². The van der Waals surface area contributed by atoms with Crippen LogP contribution in [0, 0.1) is 0 Å². The molecule has 3 atom stereocenters. The third-order valence-electron chi connectivity index (χ3n) is 4.53. The van der Waals surface area contributed by atoms with E-state index in [0.717, 1.165) is 0 Å². The first-order chi connectivity index (χ1) is 12.9. The van der Waals surface area contributed by atoms with Crippen LogP contribution in [0.15, 0.2) is 48.5 Å². The number of aliphatic hydroxyl groups is 1. The fourth-order valence-electron chi connectivity index (χ4n) is 3.09. The van der Waals surface area contributed by atoms with Crippen molar-refractivity contribution in [2.45, 2.75) is 31.1 Å². The lowest BCUT2D eigenvalue weighted by atomic mass is 9.94. The number of benzene rings is 2. The second kappa shape index (κ2) is 8.17. The van der Waals surface area contributed by atoms with Gasteiger partial charge in [0.25, 0.3) is 0 Å². The minimum Gasteiger partial charge on any atom is -0.485 e. The van der Waals surface area contributed by atoms with Crippen LogP contribution < -0.4 is 14.8 Å². The third-order valence-corrected chi connectivity index (χ3v) is 4.77. The van der Waals surface area contributed by atoms with Gasteiger partial charge in [0.05, 0.1) is 6.10 Å². The molecule has 7 heteroatoms. The SMILES string of the molecule is C[C@H](C[C@]1(C(=O)O)COc2ccccc2O1)NC[C@H](O)c1cccc(Cl)c1. The summed E-state index contributed by atoms with van der Waals surface area (Å²) in [4.78, 5) is 11.9. The zero-order chi connectivity index (χ0) is 19.4. The Morgan fingerprint density at radius 3 is 2.70 bits per heavy atom. The van der Waals surface area contributed by atoms with Gasteiger partial charge in [0.2, 0.25) is 5.60 Å². The molecule has 0 saturated carbocycles. The molecule has 2 aromatic rings. The number of halogens is 1. The smallest absolute Gasteiger partial charge is 0.351 e. The molecule has 2 aromatic carbocycles. The number of carboxylic acids is 1. The molecule has 0 unspecified atom stereocenters. The first-order valence-electron chi connectivity index (χ1n) is 8.71. The van der Waals surface area contributed by atoms with Crippen molar-refractivity contribution in [2.24, 2.45) is 0 Å². The summed E-state index contributed by atoms with van der Waals surface area (Å²) in [5, 5.41) is 23.8. The molecule has 0 radical (unpaired) electrons. The summed E-state index contributed by atoms with van der Waals surface area (Å²) in [6.07, 6.45) is -0.574. The van der Waals surface area contributed by atoms with Gasteiger partial charge in [-0.2, -0.15) is 0 Å². The van der Waals surface area contributed by atoms with Crippen LogP contribution in [0.3, 0.4) is 0 Å². The molecule has 0 aromatic heterocycles. The number of fused-ring (bicyclic) bond motifs is 1. The molecule has 0 saturated heterocycles. The highest BCUT2D eigenvalue weighted by molar-refractivity contribution is 6.30. The lowest BCUT2D eigenvalue weighted by Crippen LogP contribution is -2.55. The highest BCUT2D eigenvalue weighted by Gasteiger charge is 2.46. The zero-order valence-corrected chi connectivity index (χ0v) is 15.6. The van der Waals surface area contributed by atoms with E-state index in [9.17, 15) is 15.0 Å². The van der Waals surface area contributed by atoms with E-state index in [4.69, 9.17) is 21.1 Å². The van der Waals surface area contributed by atoms with Gasteiger partial charge in [-0.1, -0.05) is 35.9 Å². The number of carbonyl (C=O) groups is 1. The molecule has 1 aliphatic rings. The average Bonchev–Trinajstić information content (AvgIpc) is 2.66. The summed E-state index contributed by atoms with van der Waals surface area (Å²) in [5.74, 6) is -0.135. The van der Waals surface area contributed by atoms with E-state index in [1.54, 1.807) is 48.5 Å². The lowest BCUT2D eigenvalue weighted by Gasteiger charge is -2.36. The van der Waals surface area contributed by atoms with Crippen molar-refractivity contribution in [1.29, 1.82) is 0 Å². The average molecular weight is 392 g/mol. The van der Waals surface area contributed by atoms with Crippen LogP contribution in [0.2, 0.25) is 5.02 Å². The van der Waals surface area contributed by atoms with Crippen molar-refractivity contribution in [3.63, 3.8) is 0 Å². The molecule has 0 spiro atoms. The number of aliphatic hydroxyl groups excluding tert-OH is 1. The van der Waals surface area contributed by atoms with Crippen LogP contribution in [0.25, 0.3) is 0 Å². The Labute approximate surface area is 162 Å². The Kier molecular flexibility index (Phi) is 5.89. The van der Waals surface area contributed by atoms with Crippen LogP contribution in [-0.2, 0) is 4.79 Å². The molecule has 27 heavy (non-hydrogen) atoms. The van der Waals surface area contributed by atoms with Crippen LogP contribution in [0.5, 0.6) is 11.5 Å². The van der Waals surface area contributed by atoms with Crippen molar-refractivity contribution in [2.75, 3.05) is 13.2 Å².